The van der Waals surface area contributed by atoms with E-state index < -0.39 is 63.1 Å². The molecular formula is C47H85O12P. The summed E-state index contributed by atoms with van der Waals surface area (Å²) in [6.07, 6.45) is 33.2. The summed E-state index contributed by atoms with van der Waals surface area (Å²) >= 11 is 0. The lowest BCUT2D eigenvalue weighted by Crippen LogP contribution is -2.64. The van der Waals surface area contributed by atoms with Gasteiger partial charge in [0.1, 0.15) is 42.7 Å². The van der Waals surface area contributed by atoms with E-state index in [0.29, 0.717) is 13.0 Å². The maximum Gasteiger partial charge on any atom is 0.472 e. The second-order valence-corrected chi connectivity index (χ2v) is 17.6. The number of hydrogen-bond donors (Lipinski definition) is 6. The molecule has 1 aliphatic carbocycles. The van der Waals surface area contributed by atoms with E-state index in [0.717, 1.165) is 70.6 Å². The molecule has 12 nitrogen and oxygen atoms in total. The molecule has 1 saturated carbocycles. The molecule has 350 valence electrons. The molecule has 0 aromatic heterocycles. The van der Waals surface area contributed by atoms with Crippen molar-refractivity contribution in [1.29, 1.82) is 0 Å². The van der Waals surface area contributed by atoms with Crippen LogP contribution in [0.2, 0.25) is 0 Å². The first-order valence-corrected chi connectivity index (χ1v) is 25.0. The second-order valence-electron chi connectivity index (χ2n) is 16.2. The van der Waals surface area contributed by atoms with E-state index >= 15 is 0 Å². The molecule has 6 unspecified atom stereocenters. The fraction of sp³-hybridized carbons (Fsp3) is 0.809. The molecule has 0 aliphatic heterocycles. The van der Waals surface area contributed by atoms with Crippen LogP contribution in [0.4, 0.5) is 0 Å². The van der Waals surface area contributed by atoms with Crippen LogP contribution in [0.15, 0.2) is 48.6 Å². The minimum Gasteiger partial charge on any atom is -0.457 e. The summed E-state index contributed by atoms with van der Waals surface area (Å²) in [6, 6.07) is 0. The summed E-state index contributed by atoms with van der Waals surface area (Å²) in [6.45, 7) is 4.08. The summed E-state index contributed by atoms with van der Waals surface area (Å²) < 4.78 is 34.2. The van der Waals surface area contributed by atoms with Gasteiger partial charge in [0.25, 0.3) is 0 Å². The normalized spacial score (nSPS) is 22.7. The third-order valence-electron chi connectivity index (χ3n) is 10.7. The van der Waals surface area contributed by atoms with Crippen molar-refractivity contribution in [3.63, 3.8) is 0 Å². The molecule has 6 atom stereocenters. The molecule has 0 spiro atoms. The van der Waals surface area contributed by atoms with E-state index in [1.165, 1.54) is 83.5 Å². The average Bonchev–Trinajstić information content (AvgIpc) is 3.23. The van der Waals surface area contributed by atoms with Gasteiger partial charge in [-0.1, -0.05) is 172 Å². The van der Waals surface area contributed by atoms with Crippen LogP contribution in [0, 0.1) is 0 Å². The maximum absolute atomic E-state index is 12.8. The van der Waals surface area contributed by atoms with Crippen LogP contribution in [0.25, 0.3) is 0 Å². The van der Waals surface area contributed by atoms with Crippen LogP contribution in [-0.2, 0) is 27.9 Å². The Morgan fingerprint density at radius 3 is 1.48 bits per heavy atom. The summed E-state index contributed by atoms with van der Waals surface area (Å²) in [5.41, 5.74) is 0. The number of ether oxygens (including phenoxy) is 2. The van der Waals surface area contributed by atoms with Crippen molar-refractivity contribution in [2.24, 2.45) is 0 Å². The van der Waals surface area contributed by atoms with Crippen LogP contribution >= 0.6 is 7.82 Å². The molecule has 0 aromatic carbocycles. The lowest BCUT2D eigenvalue weighted by Gasteiger charge is -2.41. The predicted octanol–water partition coefficient (Wildman–Crippen LogP) is 9.64. The van der Waals surface area contributed by atoms with Crippen LogP contribution in [0.1, 0.15) is 181 Å². The number of aliphatic hydroxyl groups is 5. The lowest BCUT2D eigenvalue weighted by atomic mass is 9.85. The molecule has 0 heterocycles. The van der Waals surface area contributed by atoms with E-state index in [1.807, 2.05) is 0 Å². The average molecular weight is 873 g/mol. The smallest absolute Gasteiger partial charge is 0.457 e. The molecule has 0 radical (unpaired) electrons. The van der Waals surface area contributed by atoms with Gasteiger partial charge in [0, 0.05) is 13.0 Å². The third kappa shape index (κ3) is 29.6. The molecule has 6 N–H and O–H groups in total. The van der Waals surface area contributed by atoms with Gasteiger partial charge in [0.2, 0.25) is 0 Å². The Labute approximate surface area is 363 Å². The fourth-order valence-corrected chi connectivity index (χ4v) is 7.97. The number of phosphoric acid groups is 1. The maximum atomic E-state index is 12.8. The highest BCUT2D eigenvalue weighted by molar-refractivity contribution is 7.47. The quantitative estimate of drug-likeness (QED) is 0.0149. The molecule has 0 amide bonds. The SMILES string of the molecule is CC/C=C\C/C=C\C/C=C\C/C=C\CCCCCOCC(COP(=O)(O)OC1C(O)C(O)C(O)C(O)C1O)OC(=O)CCCCCCCCCCCCCCCCCCC. The molecule has 1 rings (SSSR count). The number of carbonyl (C=O) groups is 1. The molecule has 1 aliphatic rings. The van der Waals surface area contributed by atoms with Crippen molar-refractivity contribution >= 4 is 13.8 Å². The summed E-state index contributed by atoms with van der Waals surface area (Å²) in [4.78, 5) is 23.2. The molecule has 1 fully saturated rings. The molecule has 13 heteroatoms. The predicted molar refractivity (Wildman–Crippen MR) is 239 cm³/mol. The minimum atomic E-state index is -5.03. The zero-order chi connectivity index (χ0) is 44.1. The Bertz CT molecular complexity index is 1180. The van der Waals surface area contributed by atoms with Crippen molar-refractivity contribution in [3.8, 4) is 0 Å². The number of unbranched alkanes of at least 4 members (excludes halogenated alkanes) is 19. The highest BCUT2D eigenvalue weighted by atomic mass is 31.2. The second kappa shape index (κ2) is 37.8. The van der Waals surface area contributed by atoms with Crippen molar-refractivity contribution in [3.05, 3.63) is 48.6 Å². The van der Waals surface area contributed by atoms with E-state index in [2.05, 4.69) is 62.5 Å². The Morgan fingerprint density at radius 2 is 0.983 bits per heavy atom. The number of carbonyl (C=O) groups excluding carboxylic acids is 1. The number of rotatable bonds is 39. The number of hydrogen-bond acceptors (Lipinski definition) is 11. The minimum absolute atomic E-state index is 0.0973. The van der Waals surface area contributed by atoms with Gasteiger partial charge in [-0.3, -0.25) is 13.8 Å². The van der Waals surface area contributed by atoms with Gasteiger partial charge >= 0.3 is 13.8 Å². The van der Waals surface area contributed by atoms with Crippen LogP contribution in [0.5, 0.6) is 0 Å². The van der Waals surface area contributed by atoms with Crippen molar-refractivity contribution < 1.29 is 58.3 Å². The van der Waals surface area contributed by atoms with E-state index in [4.69, 9.17) is 18.5 Å². The van der Waals surface area contributed by atoms with Gasteiger partial charge in [-0.25, -0.2) is 4.57 Å². The van der Waals surface area contributed by atoms with Gasteiger partial charge in [0.15, 0.2) is 0 Å². The zero-order valence-corrected chi connectivity index (χ0v) is 38.1. The first kappa shape index (κ1) is 56.3. The number of aliphatic hydroxyl groups excluding tert-OH is 5. The lowest BCUT2D eigenvalue weighted by molar-refractivity contribution is -0.220. The number of phosphoric ester groups is 1. The summed E-state index contributed by atoms with van der Waals surface area (Å²) in [5.74, 6) is -0.488. The number of allylic oxidation sites excluding steroid dienone is 8. The van der Waals surface area contributed by atoms with Gasteiger partial charge in [-0.15, -0.1) is 0 Å². The first-order valence-electron chi connectivity index (χ1n) is 23.5. The highest BCUT2D eigenvalue weighted by Crippen LogP contribution is 2.47. The van der Waals surface area contributed by atoms with Crippen LogP contribution in [-0.4, -0.2) is 98.9 Å². The Hall–Kier alpha value is -1.70. The number of esters is 1. The van der Waals surface area contributed by atoms with Gasteiger partial charge < -0.3 is 39.9 Å². The van der Waals surface area contributed by atoms with E-state index in [1.54, 1.807) is 0 Å². The van der Waals surface area contributed by atoms with Crippen molar-refractivity contribution in [2.45, 2.75) is 224 Å². The first-order chi connectivity index (χ1) is 29.0. The largest absolute Gasteiger partial charge is 0.472 e. The Balaban J connectivity index is 2.41. The third-order valence-corrected chi connectivity index (χ3v) is 11.7. The van der Waals surface area contributed by atoms with Crippen LogP contribution in [0.3, 0.4) is 0 Å². The van der Waals surface area contributed by atoms with Crippen LogP contribution < -0.4 is 0 Å². The monoisotopic (exact) mass is 873 g/mol. The van der Waals surface area contributed by atoms with E-state index in [-0.39, 0.29) is 13.0 Å². The van der Waals surface area contributed by atoms with E-state index in [9.17, 15) is 39.8 Å². The molecule has 0 saturated heterocycles. The summed E-state index contributed by atoms with van der Waals surface area (Å²) in [7, 11) is -5.03. The standard InChI is InChI=1S/C47H85O12P/c1-3-5-7-9-11-13-15-17-19-21-22-24-26-28-30-32-34-36-41(48)58-40(39-57-60(54,55)59-47-45(52)43(50)42(49)44(51)46(47)53)38-56-37-35-33-31-29-27-25-23-20-18-16-14-12-10-8-6-4-2/h6,8,12,14,18,20,25,27,40,42-47,49-53H,3-5,7,9-11,13,15-17,19,21-24,26,28-39H2,1-2H3,(H,54,55)/b8-6-,14-12-,20-18-,27-25-. The molecular weight excluding hydrogens is 787 g/mol. The van der Waals surface area contributed by atoms with Gasteiger partial charge in [-0.05, 0) is 51.4 Å². The van der Waals surface area contributed by atoms with Crippen molar-refractivity contribution in [2.75, 3.05) is 19.8 Å². The summed E-state index contributed by atoms with van der Waals surface area (Å²) in [5, 5.41) is 50.2. The topological polar surface area (TPSA) is 192 Å². The molecule has 0 bridgehead atoms. The Kier molecular flexibility index (Phi) is 35.5. The van der Waals surface area contributed by atoms with Crippen molar-refractivity contribution in [1.82, 2.24) is 0 Å². The van der Waals surface area contributed by atoms with Gasteiger partial charge in [0.05, 0.1) is 13.2 Å². The molecule has 0 aromatic rings. The zero-order valence-electron chi connectivity index (χ0n) is 37.2. The van der Waals surface area contributed by atoms with Gasteiger partial charge in [-0.2, -0.15) is 0 Å². The molecule has 60 heavy (non-hydrogen) atoms. The Morgan fingerprint density at radius 1 is 0.550 bits per heavy atom. The highest BCUT2D eigenvalue weighted by Gasteiger charge is 2.51. The fourth-order valence-electron chi connectivity index (χ4n) is 6.99.